The normalized spacial score (nSPS) is 13.8. The molecule has 1 aromatic heterocycles. The van der Waals surface area contributed by atoms with Gasteiger partial charge in [0.2, 0.25) is 5.91 Å². The predicted octanol–water partition coefficient (Wildman–Crippen LogP) is 6.65. The van der Waals surface area contributed by atoms with Crippen LogP contribution in [0.5, 0.6) is 0 Å². The van der Waals surface area contributed by atoms with Crippen molar-refractivity contribution in [2.45, 2.75) is 28.7 Å². The lowest BCUT2D eigenvalue weighted by Gasteiger charge is -2.34. The fourth-order valence-corrected chi connectivity index (χ4v) is 4.30. The maximum Gasteiger partial charge on any atom is 0.435 e. The molecule has 1 heterocycles. The second-order valence-corrected chi connectivity index (χ2v) is 8.83. The van der Waals surface area contributed by atoms with Gasteiger partial charge in [0.15, 0.2) is 0 Å². The van der Waals surface area contributed by atoms with Crippen LogP contribution in [0.3, 0.4) is 0 Å². The Morgan fingerprint density at radius 1 is 1.00 bits per heavy atom. The molecule has 5 nitrogen and oxygen atoms in total. The highest BCUT2D eigenvalue weighted by Gasteiger charge is 2.73. The third-order valence-electron chi connectivity index (χ3n) is 4.83. The van der Waals surface area contributed by atoms with E-state index in [2.05, 4.69) is 4.98 Å². The summed E-state index contributed by atoms with van der Waals surface area (Å²) in [5.74, 6) is -5.53. The minimum Gasteiger partial charge on any atom is -0.751 e. The minimum absolute atomic E-state index is 0.187. The van der Waals surface area contributed by atoms with Crippen molar-refractivity contribution in [3.63, 3.8) is 0 Å². The number of benzene rings is 2. The largest absolute Gasteiger partial charge is 0.751 e. The van der Waals surface area contributed by atoms with E-state index in [1.54, 1.807) is 12.1 Å². The molecule has 1 unspecified atom stereocenters. The number of hydrogen-bond acceptors (Lipinski definition) is 4. The smallest absolute Gasteiger partial charge is 0.435 e. The van der Waals surface area contributed by atoms with Crippen LogP contribution >= 0.6 is 11.6 Å². The van der Waals surface area contributed by atoms with E-state index < -0.39 is 78.3 Å². The van der Waals surface area contributed by atoms with Crippen molar-refractivity contribution in [3.05, 3.63) is 70.0 Å². The molecule has 0 N–H and O–H groups in total. The molecule has 1 amide bonds. The topological polar surface area (TPSA) is 73.3 Å². The van der Waals surface area contributed by atoms with Crippen molar-refractivity contribution >= 4 is 44.9 Å². The molecule has 1 atom stereocenters. The molecule has 3 aromatic rings. The molecule has 194 valence electrons. The maximum absolute atomic E-state index is 14.5. The quantitative estimate of drug-likeness (QED) is 0.257. The zero-order valence-corrected chi connectivity index (χ0v) is 18.6. The lowest BCUT2D eigenvalue weighted by Crippen LogP contribution is -2.50. The van der Waals surface area contributed by atoms with Gasteiger partial charge in [-0.2, -0.15) is 35.1 Å². The number of carbonyl (C=O) groups is 1. The summed E-state index contributed by atoms with van der Waals surface area (Å²) in [4.78, 5) is 14.9. The van der Waals surface area contributed by atoms with Gasteiger partial charge < -0.3 is 10.3 Å². The van der Waals surface area contributed by atoms with Crippen LogP contribution < -0.4 is 5.06 Å². The fourth-order valence-electron chi connectivity index (χ4n) is 3.13. The number of halogens is 10. The second kappa shape index (κ2) is 9.52. The number of carbonyl (C=O) groups excluding carboxylic acids is 1. The highest BCUT2D eigenvalue weighted by Crippen LogP contribution is 2.54. The molecule has 0 spiro atoms. The number of nitrogens with zero attached hydrogens (tertiary/aromatic N) is 2. The summed E-state index contributed by atoms with van der Waals surface area (Å²) in [6.07, 6.45) is -12.0. The Balaban J connectivity index is 2.22. The molecule has 0 aliphatic carbocycles. The van der Waals surface area contributed by atoms with E-state index in [9.17, 15) is 53.7 Å². The Labute approximate surface area is 202 Å². The van der Waals surface area contributed by atoms with Crippen LogP contribution in [-0.2, 0) is 16.5 Å². The van der Waals surface area contributed by atoms with Gasteiger partial charge in [-0.3, -0.25) is 9.78 Å². The standard InChI is InChI=1S/C20H9ClF9N2O3S/c21-12-7-11(18(24,19(25,26)27)20(28,29)30)8-14(36(35)17(22)23)15(12)32(34)16(33)10-4-3-9-2-1-5-31-13(9)6-10/h1-8,17H/q-1. The number of anilines is 1. The first kappa shape index (κ1) is 27.7. The Hall–Kier alpha value is -2.91. The number of alkyl halides is 9. The average Bonchev–Trinajstić information content (AvgIpc) is 2.79. The summed E-state index contributed by atoms with van der Waals surface area (Å²) < 4.78 is 132. The molecule has 0 fully saturated rings. The van der Waals surface area contributed by atoms with E-state index in [1.807, 2.05) is 0 Å². The first-order valence-electron chi connectivity index (χ1n) is 9.22. The fraction of sp³-hybridized carbons (Fsp3) is 0.200. The van der Waals surface area contributed by atoms with Gasteiger partial charge in [-0.25, -0.2) is 8.60 Å². The number of amides is 1. The minimum atomic E-state index is -6.66. The molecule has 2 aromatic carbocycles. The monoisotopic (exact) mass is 563 g/mol. The van der Waals surface area contributed by atoms with Gasteiger partial charge in [0.1, 0.15) is 10.8 Å². The highest BCUT2D eigenvalue weighted by molar-refractivity contribution is 7.85. The van der Waals surface area contributed by atoms with Crippen molar-refractivity contribution in [1.82, 2.24) is 4.98 Å². The molecule has 0 radical (unpaired) electrons. The van der Waals surface area contributed by atoms with Crippen LogP contribution in [0, 0.1) is 5.21 Å². The number of rotatable bonds is 5. The molecule has 3 rings (SSSR count). The molecule has 16 heteroatoms. The zero-order chi connectivity index (χ0) is 27.2. The van der Waals surface area contributed by atoms with Crippen LogP contribution in [-0.4, -0.2) is 33.2 Å². The van der Waals surface area contributed by atoms with Crippen molar-refractivity contribution < 1.29 is 48.5 Å². The Morgan fingerprint density at radius 2 is 1.61 bits per heavy atom. The maximum atomic E-state index is 14.5. The molecule has 0 saturated heterocycles. The average molecular weight is 564 g/mol. The summed E-state index contributed by atoms with van der Waals surface area (Å²) in [5.41, 5.74) is -10.2. The first-order valence-corrected chi connectivity index (χ1v) is 10.8. The molecule has 0 aliphatic heterocycles. The van der Waals surface area contributed by atoms with Gasteiger partial charge in [0.05, 0.1) is 21.1 Å². The summed E-state index contributed by atoms with van der Waals surface area (Å²) in [7, 11) is -3.80. The van der Waals surface area contributed by atoms with E-state index in [-0.39, 0.29) is 11.6 Å². The summed E-state index contributed by atoms with van der Waals surface area (Å²) in [6, 6.07) is 5.84. The second-order valence-electron chi connectivity index (χ2n) is 7.03. The van der Waals surface area contributed by atoms with E-state index >= 15 is 0 Å². The molecule has 36 heavy (non-hydrogen) atoms. The van der Waals surface area contributed by atoms with Crippen molar-refractivity contribution in [1.29, 1.82) is 0 Å². The predicted molar refractivity (Wildman–Crippen MR) is 111 cm³/mol. The van der Waals surface area contributed by atoms with E-state index in [0.717, 1.165) is 12.1 Å². The van der Waals surface area contributed by atoms with Gasteiger partial charge >= 0.3 is 23.8 Å². The van der Waals surface area contributed by atoms with Crippen LogP contribution in [0.15, 0.2) is 53.6 Å². The number of hydroxylamine groups is 1. The SMILES string of the molecule is O=C(c1ccc2cccnc2c1)N([O-])c1c(Cl)cc(C(F)(C(F)(F)F)C(F)(F)F)cc1S(=O)C(F)F. The molecular weight excluding hydrogens is 555 g/mol. The number of fused-ring (bicyclic) bond motifs is 1. The van der Waals surface area contributed by atoms with Crippen molar-refractivity contribution in [2.75, 3.05) is 5.06 Å². The van der Waals surface area contributed by atoms with Gasteiger partial charge in [0, 0.05) is 22.7 Å². The molecule has 0 aliphatic rings. The number of pyridine rings is 1. The van der Waals surface area contributed by atoms with Crippen LogP contribution in [0.25, 0.3) is 10.9 Å². The van der Waals surface area contributed by atoms with Crippen LogP contribution in [0.4, 0.5) is 45.2 Å². The highest BCUT2D eigenvalue weighted by atomic mass is 35.5. The number of aromatic nitrogens is 1. The third-order valence-corrected chi connectivity index (χ3v) is 6.18. The first-order chi connectivity index (χ1) is 16.5. The molecule has 0 bridgehead atoms. The summed E-state index contributed by atoms with van der Waals surface area (Å²) >= 11 is 5.62. The molecule has 0 saturated carbocycles. The molecular formula is C20H9ClF9N2O3S-. The van der Waals surface area contributed by atoms with E-state index in [4.69, 9.17) is 11.6 Å². The number of hydrogen-bond donors (Lipinski definition) is 0. The Bertz CT molecular complexity index is 1330. The third kappa shape index (κ3) is 4.74. The lowest BCUT2D eigenvalue weighted by molar-refractivity contribution is -0.348. The Morgan fingerprint density at radius 3 is 2.17 bits per heavy atom. The van der Waals surface area contributed by atoms with Gasteiger partial charge in [-0.1, -0.05) is 23.7 Å². The van der Waals surface area contributed by atoms with Gasteiger partial charge in [0.25, 0.3) is 0 Å². The van der Waals surface area contributed by atoms with Crippen LogP contribution in [0.2, 0.25) is 5.02 Å². The van der Waals surface area contributed by atoms with Gasteiger partial charge in [-0.05, 0) is 30.3 Å². The van der Waals surface area contributed by atoms with E-state index in [0.29, 0.717) is 5.39 Å². The van der Waals surface area contributed by atoms with Crippen molar-refractivity contribution in [2.24, 2.45) is 0 Å². The van der Waals surface area contributed by atoms with Gasteiger partial charge in [-0.15, -0.1) is 0 Å². The Kier molecular flexibility index (Phi) is 7.32. The van der Waals surface area contributed by atoms with Crippen molar-refractivity contribution in [3.8, 4) is 0 Å². The lowest BCUT2D eigenvalue weighted by atomic mass is 9.94. The van der Waals surface area contributed by atoms with Crippen LogP contribution in [0.1, 0.15) is 15.9 Å². The zero-order valence-electron chi connectivity index (χ0n) is 17.0. The summed E-state index contributed by atoms with van der Waals surface area (Å²) in [6.45, 7) is 0. The van der Waals surface area contributed by atoms with E-state index in [1.165, 1.54) is 12.3 Å². The summed E-state index contributed by atoms with van der Waals surface area (Å²) in [5, 5.41) is 11.0.